The van der Waals surface area contributed by atoms with E-state index in [1.807, 2.05) is 0 Å². The number of unbranched alkanes of at least 4 members (excludes halogenated alkanes) is 1. The predicted molar refractivity (Wildman–Crippen MR) is 111 cm³/mol. The smallest absolute Gasteiger partial charge is 0.330 e. The van der Waals surface area contributed by atoms with Gasteiger partial charge in [0.2, 0.25) is 0 Å². The number of aromatic nitrogens is 1. The number of ether oxygens (including phenoxy) is 1. The fourth-order valence-electron chi connectivity index (χ4n) is 4.58. The Labute approximate surface area is 171 Å². The summed E-state index contributed by atoms with van der Waals surface area (Å²) in [5.74, 6) is 0.619. The van der Waals surface area contributed by atoms with Gasteiger partial charge in [0.05, 0.1) is 11.7 Å². The average Bonchev–Trinajstić information content (AvgIpc) is 3.34. The molecular formula is C20H33N5O2S. The number of amides is 2. The molecule has 28 heavy (non-hydrogen) atoms. The number of urea groups is 1. The van der Waals surface area contributed by atoms with Gasteiger partial charge in [-0.3, -0.25) is 0 Å². The minimum Gasteiger partial charge on any atom is -0.340 e. The molecule has 8 heteroatoms. The number of anilines is 1. The van der Waals surface area contributed by atoms with Gasteiger partial charge >= 0.3 is 6.03 Å². The second-order valence-electron chi connectivity index (χ2n) is 8.90. The zero-order valence-corrected chi connectivity index (χ0v) is 18.1. The van der Waals surface area contributed by atoms with Crippen LogP contribution in [0.1, 0.15) is 82.0 Å². The van der Waals surface area contributed by atoms with Crippen molar-refractivity contribution in [2.24, 2.45) is 11.7 Å². The molecule has 2 fully saturated rings. The third kappa shape index (κ3) is 3.56. The van der Waals surface area contributed by atoms with Gasteiger partial charge in [-0.1, -0.05) is 37.5 Å². The van der Waals surface area contributed by atoms with E-state index in [0.29, 0.717) is 17.8 Å². The lowest BCUT2D eigenvalue weighted by molar-refractivity contribution is 0.0239. The van der Waals surface area contributed by atoms with Crippen LogP contribution in [0.3, 0.4) is 0 Å². The maximum atomic E-state index is 13.0. The Morgan fingerprint density at radius 2 is 2.07 bits per heavy atom. The Balaban J connectivity index is 1.64. The maximum absolute atomic E-state index is 13.0. The topological polar surface area (TPSA) is 83.7 Å². The molecule has 2 amide bonds. The average molecular weight is 408 g/mol. The van der Waals surface area contributed by atoms with Crippen molar-refractivity contribution in [3.8, 4) is 0 Å². The van der Waals surface area contributed by atoms with Crippen molar-refractivity contribution in [2.75, 3.05) is 24.9 Å². The molecule has 0 aromatic carbocycles. The number of nitrogens with two attached hydrogens (primary N) is 1. The Morgan fingerprint density at radius 1 is 1.32 bits per heavy atom. The summed E-state index contributed by atoms with van der Waals surface area (Å²) in [4.78, 5) is 22.5. The summed E-state index contributed by atoms with van der Waals surface area (Å²) < 4.78 is 5.69. The van der Waals surface area contributed by atoms with Crippen LogP contribution in [0.5, 0.6) is 0 Å². The van der Waals surface area contributed by atoms with E-state index in [1.165, 1.54) is 30.6 Å². The number of fused-ring (bicyclic) bond motifs is 1. The minimum absolute atomic E-state index is 0.0102. The number of nitrogens with one attached hydrogen (secondary N) is 1. The van der Waals surface area contributed by atoms with Gasteiger partial charge in [-0.15, -0.1) is 0 Å². The molecule has 3 aliphatic rings. The second kappa shape index (κ2) is 7.89. The van der Waals surface area contributed by atoms with Crippen molar-refractivity contribution < 1.29 is 9.53 Å². The summed E-state index contributed by atoms with van der Waals surface area (Å²) in [6.45, 7) is 7.77. The first-order valence-electron chi connectivity index (χ1n) is 10.6. The number of thiazole rings is 1. The molecule has 1 saturated carbocycles. The zero-order valence-electron chi connectivity index (χ0n) is 17.2. The van der Waals surface area contributed by atoms with Crippen LogP contribution in [0, 0.1) is 5.92 Å². The number of nitrogens with zero attached hydrogens (tertiary/aromatic N) is 3. The van der Waals surface area contributed by atoms with Gasteiger partial charge in [0.15, 0.2) is 5.13 Å². The predicted octanol–water partition coefficient (Wildman–Crippen LogP) is 3.73. The zero-order chi connectivity index (χ0) is 19.9. The Kier molecular flexibility index (Phi) is 5.66. The highest BCUT2D eigenvalue weighted by atomic mass is 32.1. The summed E-state index contributed by atoms with van der Waals surface area (Å²) in [6, 6.07) is 0.0710. The monoisotopic (exact) mass is 407 g/mol. The van der Waals surface area contributed by atoms with E-state index in [0.717, 1.165) is 25.1 Å². The van der Waals surface area contributed by atoms with E-state index in [1.54, 1.807) is 21.1 Å². The summed E-state index contributed by atoms with van der Waals surface area (Å²) in [6.07, 6.45) is 7.10. The molecule has 3 N–H and O–H groups in total. The van der Waals surface area contributed by atoms with Gasteiger partial charge < -0.3 is 20.7 Å². The Morgan fingerprint density at radius 3 is 2.79 bits per heavy atom. The third-order valence-electron chi connectivity index (χ3n) is 6.40. The van der Waals surface area contributed by atoms with Crippen molar-refractivity contribution in [2.45, 2.75) is 76.9 Å². The van der Waals surface area contributed by atoms with E-state index < -0.39 is 0 Å². The van der Waals surface area contributed by atoms with Crippen molar-refractivity contribution in [1.29, 1.82) is 0 Å². The molecule has 1 saturated heterocycles. The second-order valence-corrected chi connectivity index (χ2v) is 9.91. The first-order valence-corrected chi connectivity index (χ1v) is 11.4. The summed E-state index contributed by atoms with van der Waals surface area (Å²) in [5, 5.41) is 4.52. The Hall–Kier alpha value is -1.22. The lowest BCUT2D eigenvalue weighted by Gasteiger charge is -2.43. The van der Waals surface area contributed by atoms with Crippen molar-refractivity contribution in [3.63, 3.8) is 0 Å². The fraction of sp³-hybridized carbons (Fsp3) is 0.800. The van der Waals surface area contributed by atoms with Gasteiger partial charge in [0.1, 0.15) is 13.5 Å². The van der Waals surface area contributed by atoms with E-state index in [4.69, 9.17) is 15.5 Å². The van der Waals surface area contributed by atoms with E-state index in [2.05, 4.69) is 26.1 Å². The lowest BCUT2D eigenvalue weighted by Crippen LogP contribution is -2.54. The molecule has 4 rings (SSSR count). The number of carbonyl (C=O) groups excluding carboxylic acids is 1. The SMILES string of the molecule is CCCCN1COCN(c2nc3c(s2)C(C2CCCC2)NC(C)(C)C3N)C1=O. The molecule has 3 heterocycles. The molecule has 2 aliphatic heterocycles. The molecule has 1 aromatic rings. The highest BCUT2D eigenvalue weighted by Crippen LogP contribution is 2.48. The number of rotatable bonds is 5. The number of hydrogen-bond acceptors (Lipinski definition) is 6. The summed E-state index contributed by atoms with van der Waals surface area (Å²) in [5.41, 5.74) is 7.33. The van der Waals surface area contributed by atoms with Gasteiger partial charge in [0.25, 0.3) is 0 Å². The largest absolute Gasteiger partial charge is 0.340 e. The summed E-state index contributed by atoms with van der Waals surface area (Å²) in [7, 11) is 0. The fourth-order valence-corrected chi connectivity index (χ4v) is 5.82. The molecule has 7 nitrogen and oxygen atoms in total. The first-order chi connectivity index (χ1) is 13.4. The lowest BCUT2D eigenvalue weighted by atomic mass is 9.82. The third-order valence-corrected chi connectivity index (χ3v) is 7.58. The molecule has 0 bridgehead atoms. The molecule has 1 aliphatic carbocycles. The highest BCUT2D eigenvalue weighted by molar-refractivity contribution is 7.16. The van der Waals surface area contributed by atoms with Crippen LogP contribution in [0.25, 0.3) is 0 Å². The van der Waals surface area contributed by atoms with Crippen LogP contribution < -0.4 is 16.0 Å². The molecule has 1 aromatic heterocycles. The minimum atomic E-state index is -0.221. The first kappa shape index (κ1) is 20.1. The van der Waals surface area contributed by atoms with Crippen LogP contribution in [-0.4, -0.2) is 41.5 Å². The molecule has 2 atom stereocenters. The highest BCUT2D eigenvalue weighted by Gasteiger charge is 2.44. The van der Waals surface area contributed by atoms with Crippen LogP contribution in [0.15, 0.2) is 0 Å². The van der Waals surface area contributed by atoms with Crippen LogP contribution in [0.4, 0.5) is 9.93 Å². The van der Waals surface area contributed by atoms with Gasteiger partial charge in [0, 0.05) is 23.0 Å². The standard InChI is InChI=1S/C20H33N5O2S/c1-4-5-10-24-11-27-12-25(19(24)26)18-22-15-16(28-18)14(13-8-6-7-9-13)23-20(2,3)17(15)21/h13-14,17,23H,4-12,21H2,1-3H3. The molecule has 0 radical (unpaired) electrons. The number of hydrogen-bond donors (Lipinski definition) is 2. The van der Waals surface area contributed by atoms with E-state index in [-0.39, 0.29) is 30.4 Å². The molecule has 0 spiro atoms. The van der Waals surface area contributed by atoms with Crippen LogP contribution >= 0.6 is 11.3 Å². The van der Waals surface area contributed by atoms with Crippen molar-refractivity contribution in [1.82, 2.24) is 15.2 Å². The van der Waals surface area contributed by atoms with Gasteiger partial charge in [-0.05, 0) is 39.0 Å². The number of carbonyl (C=O) groups is 1. The quantitative estimate of drug-likeness (QED) is 0.777. The van der Waals surface area contributed by atoms with Crippen LogP contribution in [0.2, 0.25) is 0 Å². The molecular weight excluding hydrogens is 374 g/mol. The van der Waals surface area contributed by atoms with E-state index >= 15 is 0 Å². The normalized spacial score (nSPS) is 28.1. The van der Waals surface area contributed by atoms with Crippen LogP contribution in [-0.2, 0) is 4.74 Å². The Bertz CT molecular complexity index is 715. The van der Waals surface area contributed by atoms with Gasteiger partial charge in [-0.2, -0.15) is 0 Å². The van der Waals surface area contributed by atoms with Crippen molar-refractivity contribution in [3.05, 3.63) is 10.6 Å². The van der Waals surface area contributed by atoms with E-state index in [9.17, 15) is 4.79 Å². The van der Waals surface area contributed by atoms with Crippen molar-refractivity contribution >= 4 is 22.5 Å². The molecule has 156 valence electrons. The maximum Gasteiger partial charge on any atom is 0.330 e. The molecule has 2 unspecified atom stereocenters. The summed E-state index contributed by atoms with van der Waals surface area (Å²) >= 11 is 1.62. The van der Waals surface area contributed by atoms with Gasteiger partial charge in [-0.25, -0.2) is 14.7 Å².